The summed E-state index contributed by atoms with van der Waals surface area (Å²) in [5.74, 6) is 1.17. The Balaban J connectivity index is 1.64. The molecular formula is C17H25NOS. The van der Waals surface area contributed by atoms with Gasteiger partial charge in [0, 0.05) is 17.5 Å². The number of thioether (sulfide) groups is 1. The fourth-order valence-electron chi connectivity index (χ4n) is 3.43. The molecule has 0 radical (unpaired) electrons. The third-order valence-electron chi connectivity index (χ3n) is 4.67. The van der Waals surface area contributed by atoms with E-state index in [1.54, 1.807) is 0 Å². The highest BCUT2D eigenvalue weighted by Crippen LogP contribution is 2.36. The van der Waals surface area contributed by atoms with E-state index in [-0.39, 0.29) is 0 Å². The molecule has 2 N–H and O–H groups in total. The average molecular weight is 291 g/mol. The number of fused-ring (bicyclic) bond motifs is 1. The maximum absolute atomic E-state index is 10.8. The average Bonchev–Trinajstić information content (AvgIpc) is 2.70. The fourth-order valence-corrected chi connectivity index (χ4v) is 4.56. The molecule has 1 aliphatic heterocycles. The molecule has 0 bridgehead atoms. The van der Waals surface area contributed by atoms with Gasteiger partial charge in [-0.2, -0.15) is 0 Å². The van der Waals surface area contributed by atoms with E-state index in [0.29, 0.717) is 6.04 Å². The normalized spacial score (nSPS) is 25.8. The molecule has 20 heavy (non-hydrogen) atoms. The second kappa shape index (κ2) is 6.50. The fraction of sp³-hybridized carbons (Fsp3) is 0.647. The van der Waals surface area contributed by atoms with Gasteiger partial charge in [0.25, 0.3) is 0 Å². The quantitative estimate of drug-likeness (QED) is 0.829. The molecule has 1 fully saturated rings. The van der Waals surface area contributed by atoms with Crippen LogP contribution >= 0.6 is 11.8 Å². The second-order valence-electron chi connectivity index (χ2n) is 6.25. The van der Waals surface area contributed by atoms with Crippen molar-refractivity contribution in [3.8, 4) is 0 Å². The van der Waals surface area contributed by atoms with Gasteiger partial charge in [-0.1, -0.05) is 43.9 Å². The van der Waals surface area contributed by atoms with Crippen LogP contribution in [0.1, 0.15) is 56.6 Å². The Morgan fingerprint density at radius 2 is 1.90 bits per heavy atom. The summed E-state index contributed by atoms with van der Waals surface area (Å²) in [5.41, 5.74) is 0.941. The van der Waals surface area contributed by atoms with Crippen molar-refractivity contribution in [3.05, 3.63) is 29.8 Å². The molecule has 1 aromatic rings. The Morgan fingerprint density at radius 1 is 1.15 bits per heavy atom. The number of rotatable bonds is 3. The largest absolute Gasteiger partial charge is 0.389 e. The first kappa shape index (κ1) is 14.4. The molecule has 0 saturated heterocycles. The predicted octanol–water partition coefficient (Wildman–Crippen LogP) is 3.90. The highest BCUT2D eigenvalue weighted by atomic mass is 32.2. The minimum atomic E-state index is -0.476. The van der Waals surface area contributed by atoms with Gasteiger partial charge >= 0.3 is 0 Å². The van der Waals surface area contributed by atoms with Crippen LogP contribution in [0.5, 0.6) is 0 Å². The van der Waals surface area contributed by atoms with Crippen LogP contribution in [0.4, 0.5) is 0 Å². The highest BCUT2D eigenvalue weighted by molar-refractivity contribution is 7.99. The molecule has 1 aliphatic carbocycles. The molecule has 1 unspecified atom stereocenters. The summed E-state index contributed by atoms with van der Waals surface area (Å²) in [6.07, 6.45) is 8.00. The minimum Gasteiger partial charge on any atom is -0.389 e. The van der Waals surface area contributed by atoms with Crippen LogP contribution in [-0.4, -0.2) is 23.0 Å². The van der Waals surface area contributed by atoms with E-state index < -0.39 is 5.60 Å². The molecule has 1 heterocycles. The summed E-state index contributed by atoms with van der Waals surface area (Å²) >= 11 is 1.95. The van der Waals surface area contributed by atoms with Gasteiger partial charge in [-0.25, -0.2) is 0 Å². The van der Waals surface area contributed by atoms with Crippen molar-refractivity contribution in [3.63, 3.8) is 0 Å². The Bertz CT molecular complexity index is 440. The standard InChI is InChI=1S/C17H25NOS/c19-17(10-5-1-2-6-11-17)13-18-15-9-12-20-16-8-4-3-7-14(15)16/h3-4,7-8,15,18-19H,1-2,5-6,9-13H2. The number of benzene rings is 1. The van der Waals surface area contributed by atoms with Crippen LogP contribution in [0.15, 0.2) is 29.2 Å². The van der Waals surface area contributed by atoms with Crippen LogP contribution in [0.3, 0.4) is 0 Å². The van der Waals surface area contributed by atoms with E-state index in [2.05, 4.69) is 29.6 Å². The Hall–Kier alpha value is -0.510. The van der Waals surface area contributed by atoms with E-state index in [0.717, 1.165) is 25.8 Å². The van der Waals surface area contributed by atoms with E-state index in [9.17, 15) is 5.11 Å². The molecule has 1 saturated carbocycles. The van der Waals surface area contributed by atoms with Crippen molar-refractivity contribution < 1.29 is 5.11 Å². The van der Waals surface area contributed by atoms with Crippen molar-refractivity contribution in [2.75, 3.05) is 12.3 Å². The Labute approximate surface area is 126 Å². The lowest BCUT2D eigenvalue weighted by Gasteiger charge is -2.32. The number of aliphatic hydroxyl groups is 1. The summed E-state index contributed by atoms with van der Waals surface area (Å²) in [6.45, 7) is 0.747. The van der Waals surface area contributed by atoms with E-state index in [1.165, 1.54) is 41.9 Å². The lowest BCUT2D eigenvalue weighted by molar-refractivity contribution is 0.0224. The lowest BCUT2D eigenvalue weighted by Crippen LogP contribution is -2.42. The molecular weight excluding hydrogens is 266 g/mol. The van der Waals surface area contributed by atoms with Crippen LogP contribution < -0.4 is 5.32 Å². The third-order valence-corrected chi connectivity index (χ3v) is 5.79. The van der Waals surface area contributed by atoms with Gasteiger partial charge in [-0.05, 0) is 36.6 Å². The molecule has 1 atom stereocenters. The van der Waals surface area contributed by atoms with Gasteiger partial charge in [0.05, 0.1) is 5.60 Å². The maximum atomic E-state index is 10.8. The smallest absolute Gasteiger partial charge is 0.0771 e. The van der Waals surface area contributed by atoms with Crippen LogP contribution in [0.25, 0.3) is 0 Å². The molecule has 1 aromatic carbocycles. The van der Waals surface area contributed by atoms with Gasteiger partial charge in [0.1, 0.15) is 0 Å². The summed E-state index contributed by atoms with van der Waals surface area (Å²) in [7, 11) is 0. The Kier molecular flexibility index (Phi) is 4.69. The molecule has 2 nitrogen and oxygen atoms in total. The zero-order chi connectivity index (χ0) is 13.8. The van der Waals surface area contributed by atoms with Crippen LogP contribution in [0, 0.1) is 0 Å². The summed E-state index contributed by atoms with van der Waals surface area (Å²) < 4.78 is 0. The topological polar surface area (TPSA) is 32.3 Å². The maximum Gasteiger partial charge on any atom is 0.0771 e. The first-order chi connectivity index (χ1) is 9.77. The van der Waals surface area contributed by atoms with Gasteiger partial charge in [-0.3, -0.25) is 0 Å². The van der Waals surface area contributed by atoms with Crippen molar-refractivity contribution in [2.45, 2.75) is 61.5 Å². The zero-order valence-corrected chi connectivity index (χ0v) is 12.9. The molecule has 0 amide bonds. The zero-order valence-electron chi connectivity index (χ0n) is 12.1. The molecule has 2 aliphatic rings. The van der Waals surface area contributed by atoms with E-state index in [1.807, 2.05) is 11.8 Å². The molecule has 3 heteroatoms. The van der Waals surface area contributed by atoms with Crippen LogP contribution in [0.2, 0.25) is 0 Å². The van der Waals surface area contributed by atoms with Crippen molar-refractivity contribution in [1.82, 2.24) is 5.32 Å². The monoisotopic (exact) mass is 291 g/mol. The van der Waals surface area contributed by atoms with Crippen molar-refractivity contribution >= 4 is 11.8 Å². The third kappa shape index (κ3) is 3.38. The minimum absolute atomic E-state index is 0.416. The Morgan fingerprint density at radius 3 is 2.70 bits per heavy atom. The molecule has 0 aromatic heterocycles. The van der Waals surface area contributed by atoms with Gasteiger partial charge in [0.15, 0.2) is 0 Å². The first-order valence-electron chi connectivity index (χ1n) is 7.94. The number of hydrogen-bond acceptors (Lipinski definition) is 3. The van der Waals surface area contributed by atoms with Gasteiger partial charge < -0.3 is 10.4 Å². The van der Waals surface area contributed by atoms with Gasteiger partial charge in [0.2, 0.25) is 0 Å². The summed E-state index contributed by atoms with van der Waals surface area (Å²) in [5, 5.41) is 14.4. The summed E-state index contributed by atoms with van der Waals surface area (Å²) in [4.78, 5) is 1.41. The van der Waals surface area contributed by atoms with Crippen LogP contribution in [-0.2, 0) is 0 Å². The van der Waals surface area contributed by atoms with Crippen molar-refractivity contribution in [2.24, 2.45) is 0 Å². The first-order valence-corrected chi connectivity index (χ1v) is 8.93. The number of hydrogen-bond donors (Lipinski definition) is 2. The second-order valence-corrected chi connectivity index (χ2v) is 7.38. The molecule has 110 valence electrons. The van der Waals surface area contributed by atoms with E-state index in [4.69, 9.17) is 0 Å². The summed E-state index contributed by atoms with van der Waals surface area (Å²) in [6, 6.07) is 9.11. The number of nitrogens with one attached hydrogen (secondary N) is 1. The van der Waals surface area contributed by atoms with Gasteiger partial charge in [-0.15, -0.1) is 11.8 Å². The van der Waals surface area contributed by atoms with E-state index >= 15 is 0 Å². The predicted molar refractivity (Wildman–Crippen MR) is 85.2 cm³/mol. The molecule has 3 rings (SSSR count). The van der Waals surface area contributed by atoms with Crippen molar-refractivity contribution in [1.29, 1.82) is 0 Å². The lowest BCUT2D eigenvalue weighted by atomic mass is 9.93. The highest BCUT2D eigenvalue weighted by Gasteiger charge is 2.29. The SMILES string of the molecule is OC1(CNC2CCSc3ccccc32)CCCCCC1. The molecule has 0 spiro atoms.